The van der Waals surface area contributed by atoms with Gasteiger partial charge in [0.25, 0.3) is 0 Å². The van der Waals surface area contributed by atoms with Crippen LogP contribution < -0.4 is 9.64 Å². The molecule has 4 heterocycles. The van der Waals surface area contributed by atoms with Crippen LogP contribution >= 0.6 is 0 Å². The molecule has 0 unspecified atom stereocenters. The van der Waals surface area contributed by atoms with Crippen LogP contribution in [0.15, 0.2) is 36.8 Å². The monoisotopic (exact) mass is 351 g/mol. The molecule has 1 saturated carbocycles. The molecule has 1 saturated heterocycles. The molecule has 1 aliphatic heterocycles. The molecule has 0 amide bonds. The molecule has 134 valence electrons. The second kappa shape index (κ2) is 6.57. The predicted molar refractivity (Wildman–Crippen MR) is 97.5 cm³/mol. The van der Waals surface area contributed by atoms with Gasteiger partial charge in [-0.2, -0.15) is 4.98 Å². The van der Waals surface area contributed by atoms with Crippen molar-refractivity contribution >= 4 is 16.7 Å². The number of ether oxygens (including phenoxy) is 2. The van der Waals surface area contributed by atoms with E-state index >= 15 is 0 Å². The Bertz CT molecular complexity index is 886. The number of fused-ring (bicyclic) bond motifs is 1. The molecule has 1 aliphatic carbocycles. The lowest BCUT2D eigenvalue weighted by Gasteiger charge is -2.34. The van der Waals surface area contributed by atoms with E-state index in [-0.39, 0.29) is 6.10 Å². The van der Waals surface area contributed by atoms with Crippen LogP contribution in [0.4, 0.5) is 5.82 Å². The van der Waals surface area contributed by atoms with Crippen LogP contribution in [-0.4, -0.2) is 52.3 Å². The minimum absolute atomic E-state index is 0.168. The number of rotatable bonds is 4. The maximum atomic E-state index is 6.27. The van der Waals surface area contributed by atoms with Crippen LogP contribution in [0.3, 0.4) is 0 Å². The first-order valence-electron chi connectivity index (χ1n) is 9.11. The van der Waals surface area contributed by atoms with Gasteiger partial charge in [0.15, 0.2) is 0 Å². The van der Waals surface area contributed by atoms with E-state index in [1.54, 1.807) is 6.20 Å². The average Bonchev–Trinajstić information content (AvgIpc) is 3.19. The molecule has 0 bridgehead atoms. The third-order valence-corrected chi connectivity index (χ3v) is 5.17. The molecule has 0 atom stereocenters. The maximum absolute atomic E-state index is 6.27. The molecule has 3 aromatic heterocycles. The van der Waals surface area contributed by atoms with Gasteiger partial charge in [-0.25, -0.2) is 4.98 Å². The Morgan fingerprint density at radius 2 is 2.04 bits per heavy atom. The number of anilines is 1. The lowest BCUT2D eigenvalue weighted by molar-refractivity contribution is 0.0923. The summed E-state index contributed by atoms with van der Waals surface area (Å²) >= 11 is 0. The van der Waals surface area contributed by atoms with E-state index < -0.39 is 0 Å². The van der Waals surface area contributed by atoms with E-state index in [2.05, 4.69) is 19.9 Å². The SMILES string of the molecule is c1cnc2cc(N3CCOCC3)nc(O[C@H]3C[C@@H](c4ncc[nH]4)C3)c2c1. The fraction of sp³-hybridized carbons (Fsp3) is 0.421. The third-order valence-electron chi connectivity index (χ3n) is 5.17. The fourth-order valence-corrected chi connectivity index (χ4v) is 3.62. The van der Waals surface area contributed by atoms with E-state index in [0.717, 1.165) is 61.7 Å². The minimum Gasteiger partial charge on any atom is -0.474 e. The van der Waals surface area contributed by atoms with Crippen molar-refractivity contribution in [2.45, 2.75) is 24.9 Å². The van der Waals surface area contributed by atoms with Crippen LogP contribution in [0, 0.1) is 0 Å². The van der Waals surface area contributed by atoms with Crippen LogP contribution in [0.5, 0.6) is 5.88 Å². The van der Waals surface area contributed by atoms with Crippen molar-refractivity contribution in [1.82, 2.24) is 19.9 Å². The number of morpholine rings is 1. The normalized spacial score (nSPS) is 23.0. The molecule has 0 radical (unpaired) electrons. The molecular weight excluding hydrogens is 330 g/mol. The summed E-state index contributed by atoms with van der Waals surface area (Å²) in [6.45, 7) is 3.14. The number of aromatic nitrogens is 4. The molecule has 7 nitrogen and oxygen atoms in total. The van der Waals surface area contributed by atoms with Crippen molar-refractivity contribution in [1.29, 1.82) is 0 Å². The van der Waals surface area contributed by atoms with Gasteiger partial charge in [-0.1, -0.05) is 0 Å². The lowest BCUT2D eigenvalue weighted by atomic mass is 9.82. The topological polar surface area (TPSA) is 76.2 Å². The van der Waals surface area contributed by atoms with Crippen molar-refractivity contribution in [2.75, 3.05) is 31.2 Å². The molecule has 5 rings (SSSR count). The Hall–Kier alpha value is -2.67. The molecule has 0 aromatic carbocycles. The van der Waals surface area contributed by atoms with E-state index in [1.807, 2.05) is 30.6 Å². The maximum Gasteiger partial charge on any atom is 0.225 e. The summed E-state index contributed by atoms with van der Waals surface area (Å²) in [6, 6.07) is 5.99. The summed E-state index contributed by atoms with van der Waals surface area (Å²) in [6.07, 6.45) is 7.57. The highest BCUT2D eigenvalue weighted by Crippen LogP contribution is 2.39. The second-order valence-electron chi connectivity index (χ2n) is 6.84. The van der Waals surface area contributed by atoms with Gasteiger partial charge < -0.3 is 19.4 Å². The van der Waals surface area contributed by atoms with Crippen LogP contribution in [-0.2, 0) is 4.74 Å². The Balaban J connectivity index is 1.39. The van der Waals surface area contributed by atoms with Crippen molar-refractivity contribution in [3.8, 4) is 5.88 Å². The van der Waals surface area contributed by atoms with Crippen molar-refractivity contribution in [2.24, 2.45) is 0 Å². The number of pyridine rings is 2. The first-order chi connectivity index (χ1) is 12.9. The molecule has 26 heavy (non-hydrogen) atoms. The molecular formula is C19H21N5O2. The quantitative estimate of drug-likeness (QED) is 0.778. The number of hydrogen-bond donors (Lipinski definition) is 1. The van der Waals surface area contributed by atoms with Gasteiger partial charge in [0, 0.05) is 43.7 Å². The molecule has 7 heteroatoms. The van der Waals surface area contributed by atoms with Gasteiger partial charge in [0.05, 0.1) is 24.1 Å². The molecule has 2 fully saturated rings. The van der Waals surface area contributed by atoms with Gasteiger partial charge >= 0.3 is 0 Å². The average molecular weight is 351 g/mol. The van der Waals surface area contributed by atoms with Gasteiger partial charge in [0.2, 0.25) is 5.88 Å². The van der Waals surface area contributed by atoms with Gasteiger partial charge in [-0.05, 0) is 25.0 Å². The number of nitrogens with zero attached hydrogens (tertiary/aromatic N) is 4. The van der Waals surface area contributed by atoms with E-state index in [4.69, 9.17) is 14.5 Å². The third kappa shape index (κ3) is 2.88. The second-order valence-corrected chi connectivity index (χ2v) is 6.84. The minimum atomic E-state index is 0.168. The van der Waals surface area contributed by atoms with Crippen LogP contribution in [0.25, 0.3) is 10.9 Å². The molecule has 1 N–H and O–H groups in total. The van der Waals surface area contributed by atoms with E-state index in [0.29, 0.717) is 11.8 Å². The van der Waals surface area contributed by atoms with E-state index in [9.17, 15) is 0 Å². The van der Waals surface area contributed by atoms with Crippen LogP contribution in [0.2, 0.25) is 0 Å². The molecule has 2 aliphatic rings. The molecule has 0 spiro atoms. The summed E-state index contributed by atoms with van der Waals surface area (Å²) in [7, 11) is 0. The Labute approximate surface area is 151 Å². The fourth-order valence-electron chi connectivity index (χ4n) is 3.62. The molecule has 3 aromatic rings. The number of aromatic amines is 1. The van der Waals surface area contributed by atoms with Crippen LogP contribution in [0.1, 0.15) is 24.6 Å². The lowest BCUT2D eigenvalue weighted by Crippen LogP contribution is -2.37. The largest absolute Gasteiger partial charge is 0.474 e. The summed E-state index contributed by atoms with van der Waals surface area (Å²) in [5.41, 5.74) is 0.917. The highest BCUT2D eigenvalue weighted by molar-refractivity contribution is 5.85. The Kier molecular flexibility index (Phi) is 3.93. The standard InChI is InChI=1S/C19H21N5O2/c1-2-15-16(20-3-1)12-17(24-6-8-25-9-7-24)23-19(15)26-14-10-13(11-14)18-21-4-5-22-18/h1-5,12-14H,6-11H2,(H,21,22)/t13-,14+. The number of imidazole rings is 1. The highest BCUT2D eigenvalue weighted by Gasteiger charge is 2.34. The Morgan fingerprint density at radius 3 is 2.85 bits per heavy atom. The number of nitrogens with one attached hydrogen (secondary N) is 1. The first-order valence-corrected chi connectivity index (χ1v) is 9.11. The summed E-state index contributed by atoms with van der Waals surface area (Å²) in [5.74, 6) is 3.09. The van der Waals surface area contributed by atoms with Crippen molar-refractivity contribution in [3.63, 3.8) is 0 Å². The van der Waals surface area contributed by atoms with Crippen molar-refractivity contribution in [3.05, 3.63) is 42.6 Å². The van der Waals surface area contributed by atoms with Gasteiger partial charge in [0.1, 0.15) is 17.7 Å². The number of hydrogen-bond acceptors (Lipinski definition) is 6. The van der Waals surface area contributed by atoms with Gasteiger partial charge in [-0.3, -0.25) is 4.98 Å². The zero-order valence-electron chi connectivity index (χ0n) is 14.5. The highest BCUT2D eigenvalue weighted by atomic mass is 16.5. The van der Waals surface area contributed by atoms with E-state index in [1.165, 1.54) is 0 Å². The predicted octanol–water partition coefficient (Wildman–Crippen LogP) is 2.51. The Morgan fingerprint density at radius 1 is 1.15 bits per heavy atom. The first kappa shape index (κ1) is 15.6. The van der Waals surface area contributed by atoms with Gasteiger partial charge in [-0.15, -0.1) is 0 Å². The number of H-pyrrole nitrogens is 1. The smallest absolute Gasteiger partial charge is 0.225 e. The zero-order chi connectivity index (χ0) is 17.3. The summed E-state index contributed by atoms with van der Waals surface area (Å²) in [5, 5.41) is 0.964. The summed E-state index contributed by atoms with van der Waals surface area (Å²) < 4.78 is 11.7. The van der Waals surface area contributed by atoms with Crippen molar-refractivity contribution < 1.29 is 9.47 Å². The zero-order valence-corrected chi connectivity index (χ0v) is 14.5. The summed E-state index contributed by atoms with van der Waals surface area (Å²) in [4.78, 5) is 19.1.